The molecule has 0 atom stereocenters. The van der Waals surface area contributed by atoms with E-state index in [0.717, 1.165) is 11.3 Å². The van der Waals surface area contributed by atoms with Gasteiger partial charge in [0.25, 0.3) is 0 Å². The van der Waals surface area contributed by atoms with Crippen LogP contribution in [0.25, 0.3) is 0 Å². The van der Waals surface area contributed by atoms with E-state index in [0.29, 0.717) is 18.4 Å². The number of nitriles is 1. The Bertz CT molecular complexity index is 590. The van der Waals surface area contributed by atoms with Crippen LogP contribution in [-0.4, -0.2) is 15.5 Å². The number of aromatic nitrogens is 2. The number of hydrogen-bond donors (Lipinski definition) is 0. The Morgan fingerprint density at radius 2 is 2.11 bits per heavy atom. The molecule has 0 aliphatic carbocycles. The van der Waals surface area contributed by atoms with Gasteiger partial charge in [-0.1, -0.05) is 19.1 Å². The van der Waals surface area contributed by atoms with Gasteiger partial charge >= 0.3 is 0 Å². The maximum atomic E-state index is 11.7. The standard InChI is InChI=1S/C14H13N3O/c1-2-14(18)17-10-16-9-13(17)7-11-3-5-12(8-15)6-4-11/h3-6,9-10H,2,7H2,1H3. The number of benzene rings is 1. The van der Waals surface area contributed by atoms with Gasteiger partial charge in [-0.3, -0.25) is 9.36 Å². The molecule has 0 unspecified atom stereocenters. The van der Waals surface area contributed by atoms with Gasteiger partial charge in [-0.25, -0.2) is 4.98 Å². The lowest BCUT2D eigenvalue weighted by Crippen LogP contribution is -2.11. The van der Waals surface area contributed by atoms with Crippen LogP contribution in [0.3, 0.4) is 0 Å². The van der Waals surface area contributed by atoms with Crippen LogP contribution in [0.5, 0.6) is 0 Å². The normalized spacial score (nSPS) is 10.0. The Hall–Kier alpha value is -2.41. The van der Waals surface area contributed by atoms with Crippen molar-refractivity contribution in [2.24, 2.45) is 0 Å². The zero-order valence-electron chi connectivity index (χ0n) is 10.1. The minimum Gasteiger partial charge on any atom is -0.274 e. The van der Waals surface area contributed by atoms with Crippen LogP contribution in [0.15, 0.2) is 36.8 Å². The number of carbonyl (C=O) groups excluding carboxylic acids is 1. The topological polar surface area (TPSA) is 58.7 Å². The van der Waals surface area contributed by atoms with E-state index in [1.165, 1.54) is 0 Å². The number of rotatable bonds is 3. The van der Waals surface area contributed by atoms with Crippen molar-refractivity contribution < 1.29 is 4.79 Å². The molecule has 0 radical (unpaired) electrons. The summed E-state index contributed by atoms with van der Waals surface area (Å²) in [5.74, 6) is 0.0381. The summed E-state index contributed by atoms with van der Waals surface area (Å²) in [6.07, 6.45) is 4.34. The Balaban J connectivity index is 2.21. The first-order chi connectivity index (χ1) is 8.74. The Morgan fingerprint density at radius 1 is 1.39 bits per heavy atom. The quantitative estimate of drug-likeness (QED) is 0.826. The molecule has 0 bridgehead atoms. The summed E-state index contributed by atoms with van der Waals surface area (Å²) >= 11 is 0. The fourth-order valence-electron chi connectivity index (χ4n) is 1.75. The molecule has 0 saturated heterocycles. The van der Waals surface area contributed by atoms with Crippen molar-refractivity contribution >= 4 is 5.91 Å². The van der Waals surface area contributed by atoms with Crippen molar-refractivity contribution in [3.8, 4) is 6.07 Å². The van der Waals surface area contributed by atoms with Gasteiger partial charge in [0.15, 0.2) is 0 Å². The smallest absolute Gasteiger partial charge is 0.231 e. The minimum absolute atomic E-state index is 0.0381. The summed E-state index contributed by atoms with van der Waals surface area (Å²) in [6, 6.07) is 9.42. The fourth-order valence-corrected chi connectivity index (χ4v) is 1.75. The van der Waals surface area contributed by atoms with Gasteiger partial charge in [-0.2, -0.15) is 5.26 Å². The van der Waals surface area contributed by atoms with Crippen molar-refractivity contribution in [1.82, 2.24) is 9.55 Å². The Morgan fingerprint density at radius 3 is 2.72 bits per heavy atom. The second-order valence-corrected chi connectivity index (χ2v) is 3.99. The molecule has 0 aliphatic heterocycles. The molecule has 18 heavy (non-hydrogen) atoms. The van der Waals surface area contributed by atoms with Crippen LogP contribution in [0.1, 0.15) is 35.0 Å². The van der Waals surface area contributed by atoms with E-state index in [2.05, 4.69) is 11.1 Å². The molecule has 4 heteroatoms. The van der Waals surface area contributed by atoms with Crippen LogP contribution in [-0.2, 0) is 6.42 Å². The summed E-state index contributed by atoms with van der Waals surface area (Å²) in [7, 11) is 0. The van der Waals surface area contributed by atoms with Crippen molar-refractivity contribution in [2.75, 3.05) is 0 Å². The van der Waals surface area contributed by atoms with Gasteiger partial charge in [-0.15, -0.1) is 0 Å². The Labute approximate surface area is 106 Å². The first-order valence-electron chi connectivity index (χ1n) is 5.78. The molecule has 4 nitrogen and oxygen atoms in total. The van der Waals surface area contributed by atoms with Crippen molar-refractivity contribution in [2.45, 2.75) is 19.8 Å². The van der Waals surface area contributed by atoms with Crippen molar-refractivity contribution in [3.63, 3.8) is 0 Å². The van der Waals surface area contributed by atoms with E-state index in [-0.39, 0.29) is 5.91 Å². The molecule has 0 aliphatic rings. The first kappa shape index (κ1) is 12.1. The minimum atomic E-state index is 0.0381. The number of hydrogen-bond acceptors (Lipinski definition) is 3. The molecule has 2 aromatic rings. The summed E-state index contributed by atoms with van der Waals surface area (Å²) in [4.78, 5) is 15.7. The lowest BCUT2D eigenvalue weighted by molar-refractivity contribution is 0.0906. The molecule has 0 fully saturated rings. The fraction of sp³-hybridized carbons (Fsp3) is 0.214. The SMILES string of the molecule is CCC(=O)n1cncc1Cc1ccc(C#N)cc1. The zero-order valence-corrected chi connectivity index (χ0v) is 10.1. The number of carbonyl (C=O) groups is 1. The summed E-state index contributed by atoms with van der Waals surface area (Å²) in [5, 5.41) is 8.73. The van der Waals surface area contributed by atoms with E-state index in [1.54, 1.807) is 29.2 Å². The average Bonchev–Trinajstić information content (AvgIpc) is 2.87. The van der Waals surface area contributed by atoms with Crippen LogP contribution in [0, 0.1) is 11.3 Å². The van der Waals surface area contributed by atoms with Crippen LogP contribution in [0.4, 0.5) is 0 Å². The van der Waals surface area contributed by atoms with E-state index in [9.17, 15) is 4.79 Å². The third-order valence-corrected chi connectivity index (χ3v) is 2.75. The lowest BCUT2D eigenvalue weighted by Gasteiger charge is -2.05. The monoisotopic (exact) mass is 239 g/mol. The van der Waals surface area contributed by atoms with E-state index in [4.69, 9.17) is 5.26 Å². The molecular formula is C14H13N3O. The molecule has 0 spiro atoms. The highest BCUT2D eigenvalue weighted by Crippen LogP contribution is 2.11. The molecule has 0 N–H and O–H groups in total. The molecular weight excluding hydrogens is 226 g/mol. The van der Waals surface area contributed by atoms with Gasteiger partial charge in [0.2, 0.25) is 5.91 Å². The summed E-state index contributed by atoms with van der Waals surface area (Å²) in [6.45, 7) is 1.83. The predicted octanol–water partition coefficient (Wildman–Crippen LogP) is 2.40. The van der Waals surface area contributed by atoms with Crippen LogP contribution < -0.4 is 0 Å². The third kappa shape index (κ3) is 2.46. The van der Waals surface area contributed by atoms with Gasteiger partial charge < -0.3 is 0 Å². The number of imidazole rings is 1. The van der Waals surface area contributed by atoms with Crippen LogP contribution in [0.2, 0.25) is 0 Å². The van der Waals surface area contributed by atoms with E-state index >= 15 is 0 Å². The zero-order chi connectivity index (χ0) is 13.0. The van der Waals surface area contributed by atoms with Gasteiger partial charge in [0, 0.05) is 24.7 Å². The predicted molar refractivity (Wildman–Crippen MR) is 67.1 cm³/mol. The molecule has 1 aromatic carbocycles. The maximum absolute atomic E-state index is 11.7. The molecule has 90 valence electrons. The van der Waals surface area contributed by atoms with E-state index < -0.39 is 0 Å². The second-order valence-electron chi connectivity index (χ2n) is 3.99. The highest BCUT2D eigenvalue weighted by molar-refractivity contribution is 5.79. The highest BCUT2D eigenvalue weighted by atomic mass is 16.2. The molecule has 1 aromatic heterocycles. The van der Waals surface area contributed by atoms with Crippen molar-refractivity contribution in [3.05, 3.63) is 53.6 Å². The maximum Gasteiger partial charge on any atom is 0.231 e. The second kappa shape index (κ2) is 5.28. The van der Waals surface area contributed by atoms with Gasteiger partial charge in [-0.05, 0) is 17.7 Å². The van der Waals surface area contributed by atoms with Gasteiger partial charge in [0.05, 0.1) is 11.6 Å². The van der Waals surface area contributed by atoms with Gasteiger partial charge in [0.1, 0.15) is 6.33 Å². The molecule has 2 rings (SSSR count). The van der Waals surface area contributed by atoms with Crippen molar-refractivity contribution in [1.29, 1.82) is 5.26 Å². The first-order valence-corrected chi connectivity index (χ1v) is 5.78. The molecule has 1 heterocycles. The third-order valence-electron chi connectivity index (χ3n) is 2.75. The van der Waals surface area contributed by atoms with Crippen LogP contribution >= 0.6 is 0 Å². The van der Waals surface area contributed by atoms with E-state index in [1.807, 2.05) is 19.1 Å². The highest BCUT2D eigenvalue weighted by Gasteiger charge is 2.08. The number of nitrogens with zero attached hydrogens (tertiary/aromatic N) is 3. The lowest BCUT2D eigenvalue weighted by atomic mass is 10.1. The largest absolute Gasteiger partial charge is 0.274 e. The Kier molecular flexibility index (Phi) is 3.54. The summed E-state index contributed by atoms with van der Waals surface area (Å²) < 4.78 is 1.58. The summed E-state index contributed by atoms with van der Waals surface area (Å²) in [5.41, 5.74) is 2.56. The average molecular weight is 239 g/mol. The molecule has 0 saturated carbocycles. The molecule has 0 amide bonds.